The normalized spacial score (nSPS) is 33.0. The molecule has 0 unspecified atom stereocenters. The Morgan fingerprint density at radius 2 is 2.17 bits per heavy atom. The van der Waals surface area contributed by atoms with Gasteiger partial charge in [-0.05, 0) is 37.6 Å². The first-order chi connectivity index (χ1) is 5.93. The van der Waals surface area contributed by atoms with Crippen molar-refractivity contribution < 1.29 is 0 Å². The molecule has 3 aliphatic heterocycles. The van der Waals surface area contributed by atoms with E-state index in [9.17, 15) is 0 Å². The first-order valence-electron chi connectivity index (χ1n) is 4.82. The highest BCUT2D eigenvalue weighted by molar-refractivity contribution is 5.26. The molecule has 1 N–H and O–H groups in total. The van der Waals surface area contributed by atoms with E-state index in [1.807, 2.05) is 0 Å². The summed E-state index contributed by atoms with van der Waals surface area (Å²) in [4.78, 5) is 5.96. The topological polar surface area (TPSA) is 19.0 Å². The summed E-state index contributed by atoms with van der Waals surface area (Å²) in [6.07, 6.45) is 4.80. The molecule has 0 radical (unpaired) electrons. The Morgan fingerprint density at radius 3 is 3.00 bits per heavy atom. The summed E-state index contributed by atoms with van der Waals surface area (Å²) in [5, 5.41) is 0. The van der Waals surface area contributed by atoms with Crippen LogP contribution in [0.1, 0.15) is 30.0 Å². The molecule has 0 saturated carbocycles. The molecular formula is C10H14N2. The lowest BCUT2D eigenvalue weighted by Crippen LogP contribution is -2.28. The average Bonchev–Trinajstić information content (AvgIpc) is 2.44. The Labute approximate surface area is 72.6 Å². The number of aromatic amines is 1. The van der Waals surface area contributed by atoms with Crippen molar-refractivity contribution in [3.05, 3.63) is 23.5 Å². The predicted molar refractivity (Wildman–Crippen MR) is 48.0 cm³/mol. The number of piperidine rings is 1. The van der Waals surface area contributed by atoms with E-state index >= 15 is 0 Å². The van der Waals surface area contributed by atoms with Gasteiger partial charge < -0.3 is 4.98 Å². The van der Waals surface area contributed by atoms with E-state index in [4.69, 9.17) is 0 Å². The molecule has 3 aliphatic rings. The van der Waals surface area contributed by atoms with Crippen molar-refractivity contribution in [2.45, 2.75) is 25.3 Å². The quantitative estimate of drug-likeness (QED) is 0.615. The van der Waals surface area contributed by atoms with E-state index in [0.29, 0.717) is 0 Å². The van der Waals surface area contributed by atoms with Crippen molar-refractivity contribution in [2.75, 3.05) is 13.1 Å². The van der Waals surface area contributed by atoms with Crippen molar-refractivity contribution in [2.24, 2.45) is 0 Å². The molecule has 1 fully saturated rings. The first-order valence-corrected chi connectivity index (χ1v) is 4.82. The molecule has 64 valence electrons. The molecule has 0 amide bonds. The monoisotopic (exact) mass is 162 g/mol. The van der Waals surface area contributed by atoms with E-state index in [0.717, 1.165) is 5.92 Å². The standard InChI is InChI=1S/C10H14N2/c1-4-11-10-8-2-5-12(6-3-8)7-9(1)10/h1,4,8,11H,2-3,5-7H2. The van der Waals surface area contributed by atoms with E-state index in [1.165, 1.54) is 43.7 Å². The van der Waals surface area contributed by atoms with E-state index in [1.54, 1.807) is 0 Å². The fourth-order valence-electron chi connectivity index (χ4n) is 2.55. The molecular weight excluding hydrogens is 148 g/mol. The van der Waals surface area contributed by atoms with Crippen LogP contribution in [-0.4, -0.2) is 23.0 Å². The van der Waals surface area contributed by atoms with E-state index in [-0.39, 0.29) is 0 Å². The lowest BCUT2D eigenvalue weighted by molar-refractivity contribution is 0.220. The van der Waals surface area contributed by atoms with Gasteiger partial charge in [0.1, 0.15) is 0 Å². The number of fused-ring (bicyclic) bond motifs is 2. The van der Waals surface area contributed by atoms with Gasteiger partial charge in [-0.2, -0.15) is 0 Å². The minimum absolute atomic E-state index is 0.828. The smallest absolute Gasteiger partial charge is 0.0251 e. The third kappa shape index (κ3) is 0.845. The van der Waals surface area contributed by atoms with Crippen LogP contribution in [0.3, 0.4) is 0 Å². The van der Waals surface area contributed by atoms with Crippen LogP contribution in [-0.2, 0) is 6.54 Å². The predicted octanol–water partition coefficient (Wildman–Crippen LogP) is 1.71. The van der Waals surface area contributed by atoms with Gasteiger partial charge in [-0.1, -0.05) is 0 Å². The third-order valence-corrected chi connectivity index (χ3v) is 3.26. The number of H-pyrrole nitrogens is 1. The second-order valence-corrected chi connectivity index (χ2v) is 3.97. The molecule has 2 nitrogen and oxygen atoms in total. The van der Waals surface area contributed by atoms with Crippen molar-refractivity contribution in [1.29, 1.82) is 0 Å². The van der Waals surface area contributed by atoms with Crippen LogP contribution in [0, 0.1) is 0 Å². The molecule has 0 aromatic carbocycles. The number of hydrogen-bond acceptors (Lipinski definition) is 1. The van der Waals surface area contributed by atoms with Gasteiger partial charge in [-0.3, -0.25) is 4.90 Å². The Balaban J connectivity index is 2.08. The van der Waals surface area contributed by atoms with Crippen LogP contribution < -0.4 is 0 Å². The van der Waals surface area contributed by atoms with Gasteiger partial charge in [-0.15, -0.1) is 0 Å². The number of nitrogens with one attached hydrogen (secondary N) is 1. The van der Waals surface area contributed by atoms with Crippen LogP contribution >= 0.6 is 0 Å². The second-order valence-electron chi connectivity index (χ2n) is 3.97. The zero-order valence-electron chi connectivity index (χ0n) is 7.21. The summed E-state index contributed by atoms with van der Waals surface area (Å²) in [5.41, 5.74) is 3.06. The van der Waals surface area contributed by atoms with Gasteiger partial charge in [0.05, 0.1) is 0 Å². The minimum Gasteiger partial charge on any atom is -0.364 e. The molecule has 0 aliphatic carbocycles. The zero-order chi connectivity index (χ0) is 7.97. The average molecular weight is 162 g/mol. The van der Waals surface area contributed by atoms with Crippen molar-refractivity contribution in [3.8, 4) is 0 Å². The summed E-state index contributed by atoms with van der Waals surface area (Å²) in [5.74, 6) is 0.828. The molecule has 12 heavy (non-hydrogen) atoms. The number of aromatic nitrogens is 1. The lowest BCUT2D eigenvalue weighted by atomic mass is 9.95. The molecule has 2 bridgehead atoms. The lowest BCUT2D eigenvalue weighted by Gasteiger charge is -2.26. The summed E-state index contributed by atoms with van der Waals surface area (Å²) < 4.78 is 0. The van der Waals surface area contributed by atoms with Gasteiger partial charge in [0.2, 0.25) is 0 Å². The molecule has 1 saturated heterocycles. The Hall–Kier alpha value is -0.760. The summed E-state index contributed by atoms with van der Waals surface area (Å²) in [6, 6.07) is 2.24. The Morgan fingerprint density at radius 1 is 1.33 bits per heavy atom. The maximum Gasteiger partial charge on any atom is 0.0251 e. The minimum atomic E-state index is 0.828. The van der Waals surface area contributed by atoms with Crippen molar-refractivity contribution >= 4 is 0 Å². The van der Waals surface area contributed by atoms with Crippen LogP contribution in [0.25, 0.3) is 0 Å². The largest absolute Gasteiger partial charge is 0.364 e. The highest BCUT2D eigenvalue weighted by Crippen LogP contribution is 2.34. The maximum atomic E-state index is 3.40. The summed E-state index contributed by atoms with van der Waals surface area (Å²) >= 11 is 0. The number of hydrogen-bond donors (Lipinski definition) is 1. The van der Waals surface area contributed by atoms with Gasteiger partial charge >= 0.3 is 0 Å². The Bertz CT molecular complexity index is 282. The number of rotatable bonds is 0. The fraction of sp³-hybridized carbons (Fsp3) is 0.600. The van der Waals surface area contributed by atoms with Gasteiger partial charge in [0.15, 0.2) is 0 Å². The van der Waals surface area contributed by atoms with Gasteiger partial charge in [0, 0.05) is 24.4 Å². The molecule has 0 spiro atoms. The summed E-state index contributed by atoms with van der Waals surface area (Å²) in [7, 11) is 0. The van der Waals surface area contributed by atoms with Crippen molar-refractivity contribution in [3.63, 3.8) is 0 Å². The molecule has 4 rings (SSSR count). The van der Waals surface area contributed by atoms with Crippen molar-refractivity contribution in [1.82, 2.24) is 9.88 Å². The molecule has 1 aromatic heterocycles. The molecule has 1 aromatic rings. The van der Waals surface area contributed by atoms with Crippen LogP contribution in [0.15, 0.2) is 12.3 Å². The highest BCUT2D eigenvalue weighted by atomic mass is 15.1. The highest BCUT2D eigenvalue weighted by Gasteiger charge is 2.27. The van der Waals surface area contributed by atoms with Crippen LogP contribution in [0.2, 0.25) is 0 Å². The molecule has 2 heteroatoms. The summed E-state index contributed by atoms with van der Waals surface area (Å²) in [6.45, 7) is 3.77. The first kappa shape index (κ1) is 6.72. The molecule has 0 atom stereocenters. The van der Waals surface area contributed by atoms with Gasteiger partial charge in [-0.25, -0.2) is 0 Å². The van der Waals surface area contributed by atoms with E-state index in [2.05, 4.69) is 22.1 Å². The number of nitrogens with zero attached hydrogens (tertiary/aromatic N) is 1. The zero-order valence-corrected chi connectivity index (χ0v) is 7.21. The van der Waals surface area contributed by atoms with Crippen LogP contribution in [0.5, 0.6) is 0 Å². The second kappa shape index (κ2) is 2.36. The van der Waals surface area contributed by atoms with Gasteiger partial charge in [0.25, 0.3) is 0 Å². The molecule has 4 heterocycles. The van der Waals surface area contributed by atoms with Crippen LogP contribution in [0.4, 0.5) is 0 Å². The fourth-order valence-corrected chi connectivity index (χ4v) is 2.55. The third-order valence-electron chi connectivity index (χ3n) is 3.26. The van der Waals surface area contributed by atoms with E-state index < -0.39 is 0 Å². The SMILES string of the molecule is c1cc2c([nH]1)C1CCN(CC1)C2. The Kier molecular flexibility index (Phi) is 1.32. The maximum absolute atomic E-state index is 3.40.